The molecule has 0 bridgehead atoms. The number of nitrogens with one attached hydrogen (secondary N) is 1. The summed E-state index contributed by atoms with van der Waals surface area (Å²) in [7, 11) is 0. The van der Waals surface area contributed by atoms with Gasteiger partial charge in [0.2, 0.25) is 6.79 Å². The maximum Gasteiger partial charge on any atom is 0.231 e. The number of fused-ring (bicyclic) bond motifs is 1. The van der Waals surface area contributed by atoms with E-state index in [1.54, 1.807) is 12.1 Å². The Morgan fingerprint density at radius 3 is 2.52 bits per heavy atom. The van der Waals surface area contributed by atoms with E-state index in [-0.39, 0.29) is 12.8 Å². The average Bonchev–Trinajstić information content (AvgIpc) is 2.89. The van der Waals surface area contributed by atoms with Crippen molar-refractivity contribution in [2.75, 3.05) is 12.1 Å². The van der Waals surface area contributed by atoms with E-state index in [0.717, 1.165) is 12.1 Å². The summed E-state index contributed by atoms with van der Waals surface area (Å²) in [6, 6.07) is 6.91. The van der Waals surface area contributed by atoms with Crippen molar-refractivity contribution in [3.63, 3.8) is 0 Å². The van der Waals surface area contributed by atoms with E-state index in [1.807, 2.05) is 6.92 Å². The molecule has 0 spiro atoms. The van der Waals surface area contributed by atoms with Gasteiger partial charge in [0.25, 0.3) is 0 Å². The van der Waals surface area contributed by atoms with Crippen LogP contribution in [0.25, 0.3) is 0 Å². The SMILES string of the molecule is CC(Nc1cc2c(cc1Cl)OCO2)c1ccc(F)c(F)c1. The second-order valence-corrected chi connectivity index (χ2v) is 5.13. The van der Waals surface area contributed by atoms with Gasteiger partial charge in [0.05, 0.1) is 10.7 Å². The molecule has 0 amide bonds. The highest BCUT2D eigenvalue weighted by molar-refractivity contribution is 6.33. The van der Waals surface area contributed by atoms with Crippen molar-refractivity contribution in [3.8, 4) is 11.5 Å². The first-order valence-corrected chi connectivity index (χ1v) is 6.73. The first-order valence-electron chi connectivity index (χ1n) is 6.35. The number of halogens is 3. The molecule has 1 N–H and O–H groups in total. The Bertz CT molecular complexity index is 694. The van der Waals surface area contributed by atoms with Gasteiger partial charge < -0.3 is 14.8 Å². The number of anilines is 1. The van der Waals surface area contributed by atoms with Crippen molar-refractivity contribution >= 4 is 17.3 Å². The lowest BCUT2D eigenvalue weighted by Crippen LogP contribution is -2.07. The molecule has 0 saturated carbocycles. The van der Waals surface area contributed by atoms with Crippen LogP contribution in [-0.4, -0.2) is 6.79 Å². The maximum absolute atomic E-state index is 13.3. The first kappa shape index (κ1) is 13.9. The van der Waals surface area contributed by atoms with Crippen molar-refractivity contribution in [2.24, 2.45) is 0 Å². The highest BCUT2D eigenvalue weighted by Crippen LogP contribution is 2.40. The van der Waals surface area contributed by atoms with Crippen molar-refractivity contribution in [3.05, 3.63) is 52.6 Å². The predicted molar refractivity (Wildman–Crippen MR) is 76.0 cm³/mol. The molecule has 0 aliphatic carbocycles. The summed E-state index contributed by atoms with van der Waals surface area (Å²) in [5, 5.41) is 3.61. The Morgan fingerprint density at radius 1 is 1.10 bits per heavy atom. The largest absolute Gasteiger partial charge is 0.454 e. The molecular weight excluding hydrogens is 300 g/mol. The summed E-state index contributed by atoms with van der Waals surface area (Å²) in [5.74, 6) is -0.560. The molecule has 3 nitrogen and oxygen atoms in total. The Hall–Kier alpha value is -2.01. The molecule has 0 fully saturated rings. The van der Waals surface area contributed by atoms with Gasteiger partial charge in [0, 0.05) is 18.2 Å². The van der Waals surface area contributed by atoms with Crippen molar-refractivity contribution < 1.29 is 18.3 Å². The number of hydrogen-bond acceptors (Lipinski definition) is 3. The fraction of sp³-hybridized carbons (Fsp3) is 0.200. The molecule has 1 heterocycles. The van der Waals surface area contributed by atoms with Crippen LogP contribution in [0.2, 0.25) is 5.02 Å². The Balaban J connectivity index is 1.84. The minimum Gasteiger partial charge on any atom is -0.454 e. The summed E-state index contributed by atoms with van der Waals surface area (Å²) in [6.07, 6.45) is 0. The van der Waals surface area contributed by atoms with Crippen LogP contribution < -0.4 is 14.8 Å². The summed E-state index contributed by atoms with van der Waals surface area (Å²) < 4.78 is 36.7. The molecule has 2 aromatic rings. The van der Waals surface area contributed by atoms with E-state index in [1.165, 1.54) is 6.07 Å². The first-order chi connectivity index (χ1) is 10.0. The van der Waals surface area contributed by atoms with Gasteiger partial charge in [-0.15, -0.1) is 0 Å². The van der Waals surface area contributed by atoms with E-state index in [4.69, 9.17) is 21.1 Å². The van der Waals surface area contributed by atoms with Crippen molar-refractivity contribution in [1.29, 1.82) is 0 Å². The molecule has 0 saturated heterocycles. The fourth-order valence-electron chi connectivity index (χ4n) is 2.13. The monoisotopic (exact) mass is 311 g/mol. The maximum atomic E-state index is 13.3. The van der Waals surface area contributed by atoms with Crippen LogP contribution in [0.3, 0.4) is 0 Å². The zero-order chi connectivity index (χ0) is 15.0. The molecule has 0 aromatic heterocycles. The van der Waals surface area contributed by atoms with Gasteiger partial charge >= 0.3 is 0 Å². The van der Waals surface area contributed by atoms with Crippen LogP contribution in [0.15, 0.2) is 30.3 Å². The molecule has 3 rings (SSSR count). The molecule has 0 radical (unpaired) electrons. The van der Waals surface area contributed by atoms with Gasteiger partial charge in [-0.05, 0) is 24.6 Å². The molecule has 1 aliphatic heterocycles. The van der Waals surface area contributed by atoms with Crippen molar-refractivity contribution in [2.45, 2.75) is 13.0 Å². The lowest BCUT2D eigenvalue weighted by molar-refractivity contribution is 0.174. The van der Waals surface area contributed by atoms with E-state index < -0.39 is 11.6 Å². The quantitative estimate of drug-likeness (QED) is 0.904. The van der Waals surface area contributed by atoms with Crippen LogP contribution in [-0.2, 0) is 0 Å². The summed E-state index contributed by atoms with van der Waals surface area (Å²) in [6.45, 7) is 1.99. The van der Waals surface area contributed by atoms with Crippen LogP contribution in [0.5, 0.6) is 11.5 Å². The topological polar surface area (TPSA) is 30.5 Å². The van der Waals surface area contributed by atoms with E-state index >= 15 is 0 Å². The number of rotatable bonds is 3. The van der Waals surface area contributed by atoms with Gasteiger partial charge in [0.1, 0.15) is 0 Å². The number of hydrogen-bond donors (Lipinski definition) is 1. The van der Waals surface area contributed by atoms with E-state index in [0.29, 0.717) is 27.8 Å². The summed E-state index contributed by atoms with van der Waals surface area (Å²) in [5.41, 5.74) is 1.25. The molecule has 110 valence electrons. The van der Waals surface area contributed by atoms with Crippen LogP contribution in [0.1, 0.15) is 18.5 Å². The van der Waals surface area contributed by atoms with E-state index in [2.05, 4.69) is 5.32 Å². The molecule has 21 heavy (non-hydrogen) atoms. The third kappa shape index (κ3) is 2.74. The Labute approximate surface area is 125 Å². The zero-order valence-corrected chi connectivity index (χ0v) is 11.9. The average molecular weight is 312 g/mol. The smallest absolute Gasteiger partial charge is 0.231 e. The number of ether oxygens (including phenoxy) is 2. The standard InChI is InChI=1S/C15H12ClF2NO2/c1-8(9-2-3-11(17)12(18)4-9)19-13-6-15-14(5-10(13)16)20-7-21-15/h2-6,8,19H,7H2,1H3. The molecule has 1 unspecified atom stereocenters. The third-order valence-corrected chi connectivity index (χ3v) is 3.59. The molecule has 2 aromatic carbocycles. The second-order valence-electron chi connectivity index (χ2n) is 4.72. The molecule has 1 aliphatic rings. The van der Waals surface area contributed by atoms with Gasteiger partial charge in [-0.1, -0.05) is 17.7 Å². The lowest BCUT2D eigenvalue weighted by Gasteiger charge is -2.17. The molecule has 6 heteroatoms. The molecular formula is C15H12ClF2NO2. The van der Waals surface area contributed by atoms with Crippen LogP contribution in [0, 0.1) is 11.6 Å². The second kappa shape index (κ2) is 5.41. The Kier molecular flexibility index (Phi) is 3.59. The third-order valence-electron chi connectivity index (χ3n) is 3.28. The minimum atomic E-state index is -0.877. The fourth-order valence-corrected chi connectivity index (χ4v) is 2.33. The number of benzene rings is 2. The van der Waals surface area contributed by atoms with Gasteiger partial charge in [-0.2, -0.15) is 0 Å². The minimum absolute atomic E-state index is 0.161. The highest BCUT2D eigenvalue weighted by atomic mass is 35.5. The summed E-state index contributed by atoms with van der Waals surface area (Å²) >= 11 is 6.16. The van der Waals surface area contributed by atoms with Crippen molar-refractivity contribution in [1.82, 2.24) is 0 Å². The summed E-state index contributed by atoms with van der Waals surface area (Å²) in [4.78, 5) is 0. The van der Waals surface area contributed by atoms with Gasteiger partial charge in [-0.3, -0.25) is 0 Å². The van der Waals surface area contributed by atoms with Gasteiger partial charge in [-0.25, -0.2) is 8.78 Å². The Morgan fingerprint density at radius 2 is 1.81 bits per heavy atom. The highest BCUT2D eigenvalue weighted by Gasteiger charge is 2.18. The molecule has 1 atom stereocenters. The lowest BCUT2D eigenvalue weighted by atomic mass is 10.1. The van der Waals surface area contributed by atoms with Crippen LogP contribution >= 0.6 is 11.6 Å². The predicted octanol–water partition coefficient (Wildman–Crippen LogP) is 4.52. The van der Waals surface area contributed by atoms with E-state index in [9.17, 15) is 8.78 Å². The van der Waals surface area contributed by atoms with Gasteiger partial charge in [0.15, 0.2) is 23.1 Å². The van der Waals surface area contributed by atoms with Crippen LogP contribution in [0.4, 0.5) is 14.5 Å². The zero-order valence-electron chi connectivity index (χ0n) is 11.1. The normalized spacial score (nSPS) is 14.1.